The number of anilines is 1. The lowest BCUT2D eigenvalue weighted by Gasteiger charge is -2.16. The summed E-state index contributed by atoms with van der Waals surface area (Å²) in [5.41, 5.74) is 2.32. The van der Waals surface area contributed by atoms with Crippen molar-refractivity contribution in [3.05, 3.63) is 65.1 Å². The molecule has 4 rings (SSSR count). The average molecular weight is 429 g/mol. The van der Waals surface area contributed by atoms with E-state index in [0.717, 1.165) is 6.39 Å². The number of halogens is 2. The van der Waals surface area contributed by atoms with Gasteiger partial charge in [0, 0.05) is 35.6 Å². The average Bonchev–Trinajstić information content (AvgIpc) is 3.37. The van der Waals surface area contributed by atoms with Crippen molar-refractivity contribution in [2.45, 2.75) is 26.4 Å². The minimum absolute atomic E-state index is 0.0243. The number of ether oxygens (including phenoxy) is 1. The van der Waals surface area contributed by atoms with E-state index in [1.807, 2.05) is 0 Å². The van der Waals surface area contributed by atoms with Gasteiger partial charge in [-0.05, 0) is 24.6 Å². The highest BCUT2D eigenvalue weighted by molar-refractivity contribution is 6.04. The lowest BCUT2D eigenvalue weighted by atomic mass is 10.1. The molecule has 0 spiro atoms. The second-order valence-electron chi connectivity index (χ2n) is 6.83. The Bertz CT molecular complexity index is 1120. The zero-order valence-corrected chi connectivity index (χ0v) is 16.3. The second kappa shape index (κ2) is 8.46. The molecule has 0 bridgehead atoms. The van der Waals surface area contributed by atoms with Crippen LogP contribution in [0.25, 0.3) is 0 Å². The zero-order chi connectivity index (χ0) is 22.0. The van der Waals surface area contributed by atoms with Gasteiger partial charge in [0.1, 0.15) is 5.82 Å². The van der Waals surface area contributed by atoms with Gasteiger partial charge in [-0.3, -0.25) is 9.59 Å². The number of fused-ring (bicyclic) bond motifs is 1. The smallest absolute Gasteiger partial charge is 0.294 e. The van der Waals surface area contributed by atoms with Crippen LogP contribution in [0.2, 0.25) is 0 Å². The normalized spacial score (nSPS) is 12.9. The van der Waals surface area contributed by atoms with Gasteiger partial charge in [0.05, 0.1) is 12.7 Å². The molecule has 31 heavy (non-hydrogen) atoms. The lowest BCUT2D eigenvalue weighted by molar-refractivity contribution is 0.0762. The quantitative estimate of drug-likeness (QED) is 0.615. The number of nitrogens with zero attached hydrogens (tertiary/aromatic N) is 4. The van der Waals surface area contributed by atoms with E-state index in [1.165, 1.54) is 18.6 Å². The molecule has 4 heterocycles. The van der Waals surface area contributed by atoms with Gasteiger partial charge in [0.25, 0.3) is 18.2 Å². The molecule has 11 heteroatoms. The fourth-order valence-electron chi connectivity index (χ4n) is 3.24. The number of aromatic nitrogens is 3. The van der Waals surface area contributed by atoms with E-state index >= 15 is 0 Å². The van der Waals surface area contributed by atoms with Crippen molar-refractivity contribution < 1.29 is 27.5 Å². The van der Waals surface area contributed by atoms with E-state index in [0.29, 0.717) is 22.3 Å². The summed E-state index contributed by atoms with van der Waals surface area (Å²) in [6.07, 6.45) is 2.75. The highest BCUT2D eigenvalue weighted by atomic mass is 19.3. The van der Waals surface area contributed by atoms with Crippen LogP contribution in [0.3, 0.4) is 0 Å². The summed E-state index contributed by atoms with van der Waals surface area (Å²) in [6, 6.07) is 3.32. The van der Waals surface area contributed by atoms with Crippen molar-refractivity contribution >= 4 is 17.6 Å². The van der Waals surface area contributed by atoms with E-state index in [2.05, 4.69) is 20.3 Å². The minimum atomic E-state index is -2.59. The fourth-order valence-corrected chi connectivity index (χ4v) is 3.24. The maximum absolute atomic E-state index is 12.8. The Morgan fingerprint density at radius 2 is 2.19 bits per heavy atom. The molecule has 1 aliphatic heterocycles. The van der Waals surface area contributed by atoms with Gasteiger partial charge in [-0.25, -0.2) is 23.7 Å². The third kappa shape index (κ3) is 4.34. The van der Waals surface area contributed by atoms with E-state index in [-0.39, 0.29) is 36.5 Å². The summed E-state index contributed by atoms with van der Waals surface area (Å²) in [5.74, 6) is -0.329. The van der Waals surface area contributed by atoms with Gasteiger partial charge in [-0.1, -0.05) is 0 Å². The number of alkyl halides is 2. The Hall–Kier alpha value is -3.89. The zero-order valence-electron chi connectivity index (χ0n) is 16.3. The van der Waals surface area contributed by atoms with Crippen LogP contribution in [0.5, 0.6) is 5.88 Å². The number of rotatable bonds is 7. The van der Waals surface area contributed by atoms with Crippen molar-refractivity contribution in [1.82, 2.24) is 19.9 Å². The SMILES string of the molecule is Cc1cc(CN2Cc3c(ccnc3NC(=O)c3cnco3)C2=O)cnc1OCC(F)F. The second-order valence-corrected chi connectivity index (χ2v) is 6.83. The molecule has 3 aromatic heterocycles. The summed E-state index contributed by atoms with van der Waals surface area (Å²) in [7, 11) is 0. The van der Waals surface area contributed by atoms with Crippen molar-refractivity contribution in [2.24, 2.45) is 0 Å². The highest BCUT2D eigenvalue weighted by Gasteiger charge is 2.31. The first kappa shape index (κ1) is 20.4. The molecule has 0 unspecified atom stereocenters. The summed E-state index contributed by atoms with van der Waals surface area (Å²) in [6.45, 7) is 1.43. The van der Waals surface area contributed by atoms with E-state index in [4.69, 9.17) is 9.15 Å². The van der Waals surface area contributed by atoms with E-state index in [9.17, 15) is 18.4 Å². The first-order valence-corrected chi connectivity index (χ1v) is 9.26. The Morgan fingerprint density at radius 1 is 1.35 bits per heavy atom. The van der Waals surface area contributed by atoms with Gasteiger partial charge in [-0.15, -0.1) is 0 Å². The van der Waals surface area contributed by atoms with Crippen LogP contribution in [-0.4, -0.2) is 44.7 Å². The highest BCUT2D eigenvalue weighted by Crippen LogP contribution is 2.29. The predicted molar refractivity (Wildman–Crippen MR) is 103 cm³/mol. The van der Waals surface area contributed by atoms with Crippen LogP contribution in [0.1, 0.15) is 37.6 Å². The molecular weight excluding hydrogens is 412 g/mol. The standard InChI is InChI=1S/C20H17F2N5O4/c1-11-4-12(5-25-19(11)30-9-16(21)22)7-27-8-14-13(20(27)29)2-3-24-17(14)26-18(28)15-6-23-10-31-15/h2-6,10,16H,7-9H2,1H3,(H,24,26,28). The monoisotopic (exact) mass is 429 g/mol. The van der Waals surface area contributed by atoms with E-state index in [1.54, 1.807) is 24.0 Å². The molecule has 9 nitrogen and oxygen atoms in total. The molecule has 3 aromatic rings. The maximum atomic E-state index is 12.8. The maximum Gasteiger partial charge on any atom is 0.294 e. The van der Waals surface area contributed by atoms with Crippen LogP contribution in [0, 0.1) is 6.92 Å². The Kier molecular flexibility index (Phi) is 5.56. The Morgan fingerprint density at radius 3 is 2.90 bits per heavy atom. The number of nitrogens with one attached hydrogen (secondary N) is 1. The molecule has 2 amide bonds. The Balaban J connectivity index is 1.48. The van der Waals surface area contributed by atoms with Gasteiger partial charge >= 0.3 is 0 Å². The molecule has 0 radical (unpaired) electrons. The number of aryl methyl sites for hydroxylation is 1. The molecule has 0 fully saturated rings. The summed E-state index contributed by atoms with van der Waals surface area (Å²) >= 11 is 0. The van der Waals surface area contributed by atoms with Crippen molar-refractivity contribution in [3.63, 3.8) is 0 Å². The third-order valence-electron chi connectivity index (χ3n) is 4.62. The molecule has 0 saturated heterocycles. The molecule has 0 saturated carbocycles. The number of hydrogen-bond donors (Lipinski definition) is 1. The van der Waals surface area contributed by atoms with Crippen LogP contribution in [0.4, 0.5) is 14.6 Å². The summed E-state index contributed by atoms with van der Waals surface area (Å²) < 4.78 is 34.6. The molecule has 160 valence electrons. The van der Waals surface area contributed by atoms with Gasteiger partial charge in [-0.2, -0.15) is 0 Å². The van der Waals surface area contributed by atoms with Gasteiger partial charge in [0.15, 0.2) is 13.0 Å². The van der Waals surface area contributed by atoms with Crippen LogP contribution in [-0.2, 0) is 13.1 Å². The first-order chi connectivity index (χ1) is 14.9. The number of amides is 2. The summed E-state index contributed by atoms with van der Waals surface area (Å²) in [5, 5.41) is 2.64. The number of oxazole rings is 1. The number of pyridine rings is 2. The minimum Gasteiger partial charge on any atom is -0.471 e. The molecule has 0 aliphatic carbocycles. The van der Waals surface area contributed by atoms with Crippen molar-refractivity contribution in [2.75, 3.05) is 11.9 Å². The van der Waals surface area contributed by atoms with Crippen LogP contribution >= 0.6 is 0 Å². The number of hydrogen-bond acceptors (Lipinski definition) is 7. The molecule has 1 N–H and O–H groups in total. The predicted octanol–water partition coefficient (Wildman–Crippen LogP) is 2.83. The fraction of sp³-hybridized carbons (Fsp3) is 0.250. The number of carbonyl (C=O) groups is 2. The largest absolute Gasteiger partial charge is 0.471 e. The van der Waals surface area contributed by atoms with Crippen LogP contribution in [0.15, 0.2) is 41.5 Å². The number of carbonyl (C=O) groups excluding carboxylic acids is 2. The first-order valence-electron chi connectivity index (χ1n) is 9.26. The van der Waals surface area contributed by atoms with Gasteiger partial charge < -0.3 is 19.4 Å². The van der Waals surface area contributed by atoms with Crippen molar-refractivity contribution in [3.8, 4) is 5.88 Å². The molecular formula is C20H17F2N5O4. The lowest BCUT2D eigenvalue weighted by Crippen LogP contribution is -2.23. The molecule has 0 aromatic carbocycles. The van der Waals surface area contributed by atoms with Crippen LogP contribution < -0.4 is 10.1 Å². The third-order valence-corrected chi connectivity index (χ3v) is 4.62. The summed E-state index contributed by atoms with van der Waals surface area (Å²) in [4.78, 5) is 38.6. The van der Waals surface area contributed by atoms with Crippen molar-refractivity contribution in [1.29, 1.82) is 0 Å². The molecule has 0 atom stereocenters. The van der Waals surface area contributed by atoms with Gasteiger partial charge in [0.2, 0.25) is 11.6 Å². The topological polar surface area (TPSA) is 110 Å². The van der Waals surface area contributed by atoms with E-state index < -0.39 is 18.9 Å². The Labute approximate surface area is 175 Å². The molecule has 1 aliphatic rings.